The van der Waals surface area contributed by atoms with E-state index in [-0.39, 0.29) is 0 Å². The normalized spacial score (nSPS) is 12.1. The Kier molecular flexibility index (Phi) is 6.29. The van der Waals surface area contributed by atoms with Gasteiger partial charge in [0.2, 0.25) is 0 Å². The Labute approximate surface area is 136 Å². The third-order valence-electron chi connectivity index (χ3n) is 3.14. The van der Waals surface area contributed by atoms with Gasteiger partial charge in [-0.15, -0.1) is 0 Å². The van der Waals surface area contributed by atoms with Crippen LogP contribution in [0.4, 0.5) is 0 Å². The molecule has 0 saturated heterocycles. The highest BCUT2D eigenvalue weighted by molar-refractivity contribution is 5.98. The van der Waals surface area contributed by atoms with Gasteiger partial charge in [0, 0.05) is 6.20 Å². The first kappa shape index (κ1) is 16.7. The molecule has 5 nitrogen and oxygen atoms in total. The van der Waals surface area contributed by atoms with E-state index in [4.69, 9.17) is 9.68 Å². The zero-order chi connectivity index (χ0) is 16.5. The molecule has 0 amide bonds. The van der Waals surface area contributed by atoms with Crippen molar-refractivity contribution in [1.82, 2.24) is 4.98 Å². The van der Waals surface area contributed by atoms with Crippen LogP contribution >= 0.6 is 0 Å². The second-order valence-electron chi connectivity index (χ2n) is 4.96. The summed E-state index contributed by atoms with van der Waals surface area (Å²) < 4.78 is 0. The van der Waals surface area contributed by atoms with Crippen LogP contribution in [0.1, 0.15) is 37.6 Å². The predicted octanol–water partition coefficient (Wildman–Crippen LogP) is 3.78. The summed E-state index contributed by atoms with van der Waals surface area (Å²) >= 11 is 0. The van der Waals surface area contributed by atoms with Crippen molar-refractivity contribution in [3.63, 3.8) is 0 Å². The number of rotatable bonds is 7. The second kappa shape index (κ2) is 8.68. The SMILES string of the molecule is CCO/N=C(\C)c1cccc(CO/N=C(\C)c2ccccn2)c1. The van der Waals surface area contributed by atoms with Crippen LogP contribution in [0.3, 0.4) is 0 Å². The fourth-order valence-corrected chi connectivity index (χ4v) is 1.93. The molecule has 2 aromatic rings. The number of aromatic nitrogens is 1. The number of hydrogen-bond donors (Lipinski definition) is 0. The average Bonchev–Trinajstić information content (AvgIpc) is 2.60. The molecule has 23 heavy (non-hydrogen) atoms. The fourth-order valence-electron chi connectivity index (χ4n) is 1.93. The molecule has 0 bridgehead atoms. The van der Waals surface area contributed by atoms with Gasteiger partial charge in [-0.25, -0.2) is 0 Å². The minimum Gasteiger partial charge on any atom is -0.396 e. The van der Waals surface area contributed by atoms with Gasteiger partial charge in [-0.3, -0.25) is 4.98 Å². The van der Waals surface area contributed by atoms with E-state index in [0.717, 1.165) is 28.2 Å². The van der Waals surface area contributed by atoms with Gasteiger partial charge >= 0.3 is 0 Å². The van der Waals surface area contributed by atoms with Crippen LogP contribution in [-0.4, -0.2) is 23.0 Å². The summed E-state index contributed by atoms with van der Waals surface area (Å²) in [5.41, 5.74) is 4.41. The van der Waals surface area contributed by atoms with Gasteiger partial charge in [-0.05, 0) is 50.1 Å². The van der Waals surface area contributed by atoms with Crippen molar-refractivity contribution in [2.45, 2.75) is 27.4 Å². The van der Waals surface area contributed by atoms with Crippen LogP contribution in [0.5, 0.6) is 0 Å². The molecule has 2 rings (SSSR count). The molecule has 0 aliphatic heterocycles. The Hall–Kier alpha value is -2.69. The minimum absolute atomic E-state index is 0.389. The van der Waals surface area contributed by atoms with Crippen LogP contribution in [0, 0.1) is 0 Å². The molecule has 0 aliphatic carbocycles. The topological polar surface area (TPSA) is 56.1 Å². The Morgan fingerprint density at radius 1 is 1.00 bits per heavy atom. The lowest BCUT2D eigenvalue weighted by Crippen LogP contribution is -2.00. The Bertz CT molecular complexity index is 682. The quantitative estimate of drug-likeness (QED) is 0.577. The second-order valence-corrected chi connectivity index (χ2v) is 4.96. The van der Waals surface area contributed by atoms with Crippen molar-refractivity contribution in [2.24, 2.45) is 10.3 Å². The number of oxime groups is 2. The Balaban J connectivity index is 1.99. The lowest BCUT2D eigenvalue weighted by atomic mass is 10.1. The lowest BCUT2D eigenvalue weighted by Gasteiger charge is -2.05. The first-order chi connectivity index (χ1) is 11.2. The summed E-state index contributed by atoms with van der Waals surface area (Å²) in [4.78, 5) is 14.7. The lowest BCUT2D eigenvalue weighted by molar-refractivity contribution is 0.130. The Morgan fingerprint density at radius 2 is 1.83 bits per heavy atom. The third kappa shape index (κ3) is 5.21. The van der Waals surface area contributed by atoms with Gasteiger partial charge < -0.3 is 9.68 Å². The van der Waals surface area contributed by atoms with E-state index in [1.165, 1.54) is 0 Å². The molecule has 0 spiro atoms. The van der Waals surface area contributed by atoms with E-state index >= 15 is 0 Å². The molecular weight excluding hydrogens is 290 g/mol. The maximum Gasteiger partial charge on any atom is 0.142 e. The highest BCUT2D eigenvalue weighted by Gasteiger charge is 2.02. The van der Waals surface area contributed by atoms with E-state index in [2.05, 4.69) is 15.3 Å². The zero-order valence-corrected chi connectivity index (χ0v) is 13.7. The van der Waals surface area contributed by atoms with E-state index < -0.39 is 0 Å². The first-order valence-electron chi connectivity index (χ1n) is 7.54. The molecule has 1 heterocycles. The van der Waals surface area contributed by atoms with Gasteiger partial charge in [0.1, 0.15) is 18.9 Å². The first-order valence-corrected chi connectivity index (χ1v) is 7.54. The maximum atomic E-state index is 5.43. The van der Waals surface area contributed by atoms with Crippen molar-refractivity contribution < 1.29 is 9.68 Å². The van der Waals surface area contributed by atoms with Crippen LogP contribution in [0.2, 0.25) is 0 Å². The molecule has 0 unspecified atom stereocenters. The number of benzene rings is 1. The molecule has 0 atom stereocenters. The van der Waals surface area contributed by atoms with Crippen molar-refractivity contribution in [3.05, 3.63) is 65.5 Å². The van der Waals surface area contributed by atoms with E-state index in [1.54, 1.807) is 6.20 Å². The van der Waals surface area contributed by atoms with Gasteiger partial charge in [-0.1, -0.05) is 34.6 Å². The summed E-state index contributed by atoms with van der Waals surface area (Å²) in [6.45, 7) is 6.64. The molecule has 0 saturated carbocycles. The van der Waals surface area contributed by atoms with Crippen LogP contribution < -0.4 is 0 Å². The van der Waals surface area contributed by atoms with Crippen molar-refractivity contribution in [3.8, 4) is 0 Å². The van der Waals surface area contributed by atoms with E-state index in [9.17, 15) is 0 Å². The summed E-state index contributed by atoms with van der Waals surface area (Å²) in [7, 11) is 0. The number of hydrogen-bond acceptors (Lipinski definition) is 5. The highest BCUT2D eigenvalue weighted by atomic mass is 16.6. The number of pyridine rings is 1. The summed E-state index contributed by atoms with van der Waals surface area (Å²) in [6.07, 6.45) is 1.73. The van der Waals surface area contributed by atoms with Crippen molar-refractivity contribution in [1.29, 1.82) is 0 Å². The van der Waals surface area contributed by atoms with E-state index in [0.29, 0.717) is 13.2 Å². The molecule has 0 aliphatic rings. The van der Waals surface area contributed by atoms with Gasteiger partial charge in [0.25, 0.3) is 0 Å². The summed E-state index contributed by atoms with van der Waals surface area (Å²) in [5, 5.41) is 8.16. The van der Waals surface area contributed by atoms with Crippen LogP contribution in [0.15, 0.2) is 59.0 Å². The molecular formula is C18H21N3O2. The van der Waals surface area contributed by atoms with Gasteiger partial charge in [-0.2, -0.15) is 0 Å². The summed E-state index contributed by atoms with van der Waals surface area (Å²) in [5.74, 6) is 0. The van der Waals surface area contributed by atoms with Crippen LogP contribution in [-0.2, 0) is 16.3 Å². The van der Waals surface area contributed by atoms with Crippen LogP contribution in [0.25, 0.3) is 0 Å². The van der Waals surface area contributed by atoms with Crippen molar-refractivity contribution in [2.75, 3.05) is 6.61 Å². The number of nitrogens with zero attached hydrogens (tertiary/aromatic N) is 3. The standard InChI is InChI=1S/C18H21N3O2/c1-4-22-20-14(2)17-9-7-8-16(12-17)13-23-21-15(3)18-10-5-6-11-19-18/h5-12H,4,13H2,1-3H3/b20-14+,21-15+. The molecule has 0 radical (unpaired) electrons. The molecule has 5 heteroatoms. The Morgan fingerprint density at radius 3 is 2.57 bits per heavy atom. The maximum absolute atomic E-state index is 5.43. The highest BCUT2D eigenvalue weighted by Crippen LogP contribution is 2.09. The zero-order valence-electron chi connectivity index (χ0n) is 13.7. The largest absolute Gasteiger partial charge is 0.396 e. The third-order valence-corrected chi connectivity index (χ3v) is 3.14. The van der Waals surface area contributed by atoms with Gasteiger partial charge in [0.05, 0.1) is 11.4 Å². The van der Waals surface area contributed by atoms with Gasteiger partial charge in [0.15, 0.2) is 0 Å². The smallest absolute Gasteiger partial charge is 0.142 e. The summed E-state index contributed by atoms with van der Waals surface area (Å²) in [6, 6.07) is 13.7. The minimum atomic E-state index is 0.389. The molecule has 0 N–H and O–H groups in total. The van der Waals surface area contributed by atoms with Crippen molar-refractivity contribution >= 4 is 11.4 Å². The fraction of sp³-hybridized carbons (Fsp3) is 0.278. The molecule has 120 valence electrons. The predicted molar refractivity (Wildman–Crippen MR) is 91.5 cm³/mol. The average molecular weight is 311 g/mol. The van der Waals surface area contributed by atoms with E-state index in [1.807, 2.05) is 63.2 Å². The molecule has 1 aromatic carbocycles. The molecule has 0 fully saturated rings. The monoisotopic (exact) mass is 311 g/mol. The molecule has 1 aromatic heterocycles.